The molecular weight excluding hydrogens is 208 g/mol. The molecule has 0 saturated carbocycles. The molecule has 2 fully saturated rings. The zero-order chi connectivity index (χ0) is 11.7. The molecule has 0 bridgehead atoms. The lowest BCUT2D eigenvalue weighted by molar-refractivity contribution is 0.0540. The first kappa shape index (κ1) is 11.2. The molecule has 2 saturated heterocycles. The van der Waals surface area contributed by atoms with E-state index in [0.717, 1.165) is 12.6 Å². The van der Waals surface area contributed by atoms with Gasteiger partial charge in [0.2, 0.25) is 0 Å². The summed E-state index contributed by atoms with van der Waals surface area (Å²) in [5.41, 5.74) is 1.45. The number of rotatable bonds is 2. The summed E-state index contributed by atoms with van der Waals surface area (Å²) in [6.07, 6.45) is 2.80. The summed E-state index contributed by atoms with van der Waals surface area (Å²) in [5, 5.41) is 0. The largest absolute Gasteiger partial charge is 0.298 e. The van der Waals surface area contributed by atoms with Crippen LogP contribution in [0.2, 0.25) is 0 Å². The van der Waals surface area contributed by atoms with Crippen molar-refractivity contribution in [1.82, 2.24) is 9.80 Å². The average molecular weight is 230 g/mol. The van der Waals surface area contributed by atoms with E-state index < -0.39 is 0 Å². The third-order valence-electron chi connectivity index (χ3n) is 4.29. The number of hydrogen-bond donors (Lipinski definition) is 0. The second-order valence-corrected chi connectivity index (χ2v) is 5.56. The van der Waals surface area contributed by atoms with Gasteiger partial charge >= 0.3 is 0 Å². The molecule has 0 aromatic heterocycles. The summed E-state index contributed by atoms with van der Waals surface area (Å²) in [4.78, 5) is 5.34. The molecule has 2 aliphatic rings. The SMILES string of the molecule is C[C@H]1CN2CCCC2CN1Cc1ccccc1. The van der Waals surface area contributed by atoms with E-state index in [1.54, 1.807) is 0 Å². The number of benzene rings is 1. The number of fused-ring (bicyclic) bond motifs is 1. The van der Waals surface area contributed by atoms with Gasteiger partial charge in [0.15, 0.2) is 0 Å². The van der Waals surface area contributed by atoms with E-state index in [4.69, 9.17) is 0 Å². The summed E-state index contributed by atoms with van der Waals surface area (Å²) >= 11 is 0. The van der Waals surface area contributed by atoms with Gasteiger partial charge in [-0.05, 0) is 31.9 Å². The highest BCUT2D eigenvalue weighted by atomic mass is 15.3. The van der Waals surface area contributed by atoms with E-state index in [1.807, 2.05) is 0 Å². The first-order valence-electron chi connectivity index (χ1n) is 6.85. The van der Waals surface area contributed by atoms with Crippen LogP contribution in [0.5, 0.6) is 0 Å². The minimum atomic E-state index is 0.699. The third kappa shape index (κ3) is 2.38. The molecule has 2 heterocycles. The molecule has 0 aliphatic carbocycles. The minimum absolute atomic E-state index is 0.699. The lowest BCUT2D eigenvalue weighted by Crippen LogP contribution is -2.54. The van der Waals surface area contributed by atoms with Crippen molar-refractivity contribution in [2.24, 2.45) is 0 Å². The second kappa shape index (κ2) is 4.79. The van der Waals surface area contributed by atoms with Gasteiger partial charge in [0.25, 0.3) is 0 Å². The number of hydrogen-bond acceptors (Lipinski definition) is 2. The Hall–Kier alpha value is -0.860. The fraction of sp³-hybridized carbons (Fsp3) is 0.600. The Labute approximate surface area is 104 Å². The van der Waals surface area contributed by atoms with Crippen molar-refractivity contribution in [3.63, 3.8) is 0 Å². The molecule has 2 aliphatic heterocycles. The Bertz CT molecular complexity index is 362. The molecule has 0 N–H and O–H groups in total. The molecule has 3 rings (SSSR count). The highest BCUT2D eigenvalue weighted by molar-refractivity contribution is 5.15. The van der Waals surface area contributed by atoms with Crippen molar-refractivity contribution < 1.29 is 0 Å². The van der Waals surface area contributed by atoms with Gasteiger partial charge in [0, 0.05) is 31.7 Å². The maximum Gasteiger partial charge on any atom is 0.0237 e. The van der Waals surface area contributed by atoms with E-state index in [1.165, 1.54) is 38.0 Å². The van der Waals surface area contributed by atoms with Crippen molar-refractivity contribution in [2.75, 3.05) is 19.6 Å². The fourth-order valence-corrected chi connectivity index (χ4v) is 3.29. The summed E-state index contributed by atoms with van der Waals surface area (Å²) in [7, 11) is 0. The van der Waals surface area contributed by atoms with Crippen LogP contribution in [0, 0.1) is 0 Å². The van der Waals surface area contributed by atoms with Crippen LogP contribution in [0.4, 0.5) is 0 Å². The second-order valence-electron chi connectivity index (χ2n) is 5.56. The molecule has 1 unspecified atom stereocenters. The average Bonchev–Trinajstić information content (AvgIpc) is 2.78. The van der Waals surface area contributed by atoms with Crippen molar-refractivity contribution in [2.45, 2.75) is 38.4 Å². The Kier molecular flexibility index (Phi) is 3.17. The van der Waals surface area contributed by atoms with Crippen molar-refractivity contribution in [3.8, 4) is 0 Å². The normalized spacial score (nSPS) is 30.4. The molecule has 2 atom stereocenters. The summed E-state index contributed by atoms with van der Waals surface area (Å²) in [6, 6.07) is 12.4. The molecular formula is C15H22N2. The van der Waals surface area contributed by atoms with Gasteiger partial charge in [-0.15, -0.1) is 0 Å². The van der Waals surface area contributed by atoms with E-state index in [9.17, 15) is 0 Å². The first-order chi connectivity index (χ1) is 8.33. The van der Waals surface area contributed by atoms with Crippen LogP contribution in [-0.2, 0) is 6.54 Å². The molecule has 0 radical (unpaired) electrons. The van der Waals surface area contributed by atoms with E-state index in [0.29, 0.717) is 6.04 Å². The van der Waals surface area contributed by atoms with Gasteiger partial charge in [0.1, 0.15) is 0 Å². The topological polar surface area (TPSA) is 6.48 Å². The van der Waals surface area contributed by atoms with Crippen molar-refractivity contribution in [1.29, 1.82) is 0 Å². The van der Waals surface area contributed by atoms with Gasteiger partial charge in [-0.3, -0.25) is 9.80 Å². The van der Waals surface area contributed by atoms with E-state index in [2.05, 4.69) is 47.1 Å². The van der Waals surface area contributed by atoms with Gasteiger partial charge < -0.3 is 0 Å². The number of nitrogens with zero attached hydrogens (tertiary/aromatic N) is 2. The summed E-state index contributed by atoms with van der Waals surface area (Å²) in [6.45, 7) is 7.34. The standard InChI is InChI=1S/C15H22N2/c1-13-10-16-9-5-8-15(16)12-17(13)11-14-6-3-2-4-7-14/h2-4,6-7,13,15H,5,8-12H2,1H3/t13-,15?/m0/s1. The highest BCUT2D eigenvalue weighted by Gasteiger charge is 2.33. The monoisotopic (exact) mass is 230 g/mol. The molecule has 92 valence electrons. The molecule has 0 amide bonds. The van der Waals surface area contributed by atoms with Gasteiger partial charge in [-0.25, -0.2) is 0 Å². The lowest BCUT2D eigenvalue weighted by atomic mass is 10.1. The Morgan fingerprint density at radius 1 is 1.18 bits per heavy atom. The molecule has 1 aromatic carbocycles. The predicted octanol–water partition coefficient (Wildman–Crippen LogP) is 2.36. The quantitative estimate of drug-likeness (QED) is 0.769. The Morgan fingerprint density at radius 3 is 2.82 bits per heavy atom. The third-order valence-corrected chi connectivity index (χ3v) is 4.29. The van der Waals surface area contributed by atoms with Gasteiger partial charge in [0.05, 0.1) is 0 Å². The van der Waals surface area contributed by atoms with Crippen LogP contribution < -0.4 is 0 Å². The van der Waals surface area contributed by atoms with Crippen LogP contribution in [0.25, 0.3) is 0 Å². The Morgan fingerprint density at radius 2 is 2.00 bits per heavy atom. The summed E-state index contributed by atoms with van der Waals surface area (Å²) in [5.74, 6) is 0. The van der Waals surface area contributed by atoms with E-state index >= 15 is 0 Å². The van der Waals surface area contributed by atoms with Crippen molar-refractivity contribution >= 4 is 0 Å². The zero-order valence-electron chi connectivity index (χ0n) is 10.7. The molecule has 2 heteroatoms. The maximum atomic E-state index is 2.69. The smallest absolute Gasteiger partial charge is 0.0237 e. The maximum absolute atomic E-state index is 2.69. The summed E-state index contributed by atoms with van der Waals surface area (Å²) < 4.78 is 0. The van der Waals surface area contributed by atoms with Crippen molar-refractivity contribution in [3.05, 3.63) is 35.9 Å². The molecule has 2 nitrogen and oxygen atoms in total. The fourth-order valence-electron chi connectivity index (χ4n) is 3.29. The molecule has 0 spiro atoms. The minimum Gasteiger partial charge on any atom is -0.298 e. The lowest BCUT2D eigenvalue weighted by Gasteiger charge is -2.42. The number of piperazine rings is 1. The molecule has 1 aromatic rings. The van der Waals surface area contributed by atoms with Gasteiger partial charge in [-0.1, -0.05) is 30.3 Å². The van der Waals surface area contributed by atoms with Crippen LogP contribution in [0.15, 0.2) is 30.3 Å². The van der Waals surface area contributed by atoms with E-state index in [-0.39, 0.29) is 0 Å². The highest BCUT2D eigenvalue weighted by Crippen LogP contribution is 2.25. The van der Waals surface area contributed by atoms with Crippen LogP contribution >= 0.6 is 0 Å². The van der Waals surface area contributed by atoms with Crippen LogP contribution in [0.3, 0.4) is 0 Å². The Balaban J connectivity index is 1.67. The van der Waals surface area contributed by atoms with Gasteiger partial charge in [-0.2, -0.15) is 0 Å². The van der Waals surface area contributed by atoms with Crippen LogP contribution in [0.1, 0.15) is 25.3 Å². The zero-order valence-corrected chi connectivity index (χ0v) is 10.7. The predicted molar refractivity (Wildman–Crippen MR) is 70.9 cm³/mol. The molecule has 17 heavy (non-hydrogen) atoms. The van der Waals surface area contributed by atoms with Crippen LogP contribution in [-0.4, -0.2) is 41.5 Å². The first-order valence-corrected chi connectivity index (χ1v) is 6.85.